The lowest BCUT2D eigenvalue weighted by Gasteiger charge is -2.39. The van der Waals surface area contributed by atoms with E-state index in [1.165, 1.54) is 5.56 Å². The zero-order valence-electron chi connectivity index (χ0n) is 14.1. The lowest BCUT2D eigenvalue weighted by atomic mass is 9.84. The first-order valence-corrected chi connectivity index (χ1v) is 8.76. The molecule has 4 heteroatoms. The Morgan fingerprint density at radius 3 is 2.79 bits per heavy atom. The summed E-state index contributed by atoms with van der Waals surface area (Å²) in [5.74, 6) is 0.560. The van der Waals surface area contributed by atoms with Gasteiger partial charge in [-0.05, 0) is 37.0 Å². The van der Waals surface area contributed by atoms with Gasteiger partial charge in [0.1, 0.15) is 5.69 Å². The van der Waals surface area contributed by atoms with Gasteiger partial charge in [-0.1, -0.05) is 30.3 Å². The third kappa shape index (κ3) is 2.75. The monoisotopic (exact) mass is 324 g/mol. The maximum absolute atomic E-state index is 12.8. The van der Waals surface area contributed by atoms with Crippen LogP contribution in [0.15, 0.2) is 48.7 Å². The molecule has 4 rings (SSSR count). The Labute approximate surface area is 143 Å². The molecule has 2 fully saturated rings. The summed E-state index contributed by atoms with van der Waals surface area (Å²) in [6.45, 7) is 2.29. The van der Waals surface area contributed by atoms with Gasteiger partial charge in [0.2, 0.25) is 0 Å². The Kier molecular flexibility index (Phi) is 3.93. The van der Waals surface area contributed by atoms with E-state index < -0.39 is 0 Å². The Morgan fingerprint density at radius 1 is 1.21 bits per heavy atom. The van der Waals surface area contributed by atoms with Gasteiger partial charge in [0.25, 0.3) is 5.91 Å². The molecule has 0 radical (unpaired) electrons. The summed E-state index contributed by atoms with van der Waals surface area (Å²) >= 11 is 0. The number of rotatable bonds is 2. The Bertz CT molecular complexity index is 724. The summed E-state index contributed by atoms with van der Waals surface area (Å²) in [6, 6.07) is 14.4. The molecule has 2 atom stereocenters. The second kappa shape index (κ2) is 6.10. The fraction of sp³-hybridized carbons (Fsp3) is 0.450. The van der Waals surface area contributed by atoms with E-state index in [1.54, 1.807) is 0 Å². The summed E-state index contributed by atoms with van der Waals surface area (Å²) in [7, 11) is 1.92. The summed E-state index contributed by atoms with van der Waals surface area (Å²) < 4.78 is 8.17. The van der Waals surface area contributed by atoms with Crippen molar-refractivity contribution in [2.75, 3.05) is 19.7 Å². The van der Waals surface area contributed by atoms with E-state index in [9.17, 15) is 4.79 Å². The molecule has 4 nitrogen and oxygen atoms in total. The molecular formula is C20H24N2O2. The number of carbonyl (C=O) groups is 1. The number of aromatic nitrogens is 1. The highest BCUT2D eigenvalue weighted by atomic mass is 16.5. The summed E-state index contributed by atoms with van der Waals surface area (Å²) in [6.07, 6.45) is 4.99. The van der Waals surface area contributed by atoms with Crippen molar-refractivity contribution in [2.24, 2.45) is 7.05 Å². The second-order valence-corrected chi connectivity index (χ2v) is 7.14. The maximum Gasteiger partial charge on any atom is 0.270 e. The predicted octanol–water partition coefficient (Wildman–Crippen LogP) is 3.20. The lowest BCUT2D eigenvalue weighted by molar-refractivity contribution is -0.0449. The molecule has 1 aromatic heterocycles. The first kappa shape index (κ1) is 15.5. The highest BCUT2D eigenvalue weighted by Crippen LogP contribution is 2.41. The highest BCUT2D eigenvalue weighted by Gasteiger charge is 2.45. The van der Waals surface area contributed by atoms with Gasteiger partial charge in [-0.3, -0.25) is 4.79 Å². The number of ether oxygens (including phenoxy) is 1. The van der Waals surface area contributed by atoms with Crippen molar-refractivity contribution in [1.82, 2.24) is 9.47 Å². The van der Waals surface area contributed by atoms with Crippen molar-refractivity contribution in [3.8, 4) is 0 Å². The second-order valence-electron chi connectivity index (χ2n) is 7.14. The fourth-order valence-electron chi connectivity index (χ4n) is 4.18. The van der Waals surface area contributed by atoms with Crippen LogP contribution >= 0.6 is 0 Å². The molecule has 2 saturated heterocycles. The number of nitrogens with zero attached hydrogens (tertiary/aromatic N) is 2. The van der Waals surface area contributed by atoms with Crippen LogP contribution in [0.25, 0.3) is 0 Å². The topological polar surface area (TPSA) is 34.5 Å². The Hall–Kier alpha value is -2.07. The number of likely N-dealkylation sites (tertiary alicyclic amines) is 1. The summed E-state index contributed by atoms with van der Waals surface area (Å²) in [5, 5.41) is 0. The van der Waals surface area contributed by atoms with Gasteiger partial charge < -0.3 is 14.2 Å². The minimum Gasteiger partial charge on any atom is -0.372 e. The van der Waals surface area contributed by atoms with E-state index in [0.717, 1.165) is 38.1 Å². The average Bonchev–Trinajstić information content (AvgIpc) is 3.22. The van der Waals surface area contributed by atoms with Crippen LogP contribution in [-0.4, -0.2) is 40.7 Å². The van der Waals surface area contributed by atoms with Gasteiger partial charge >= 0.3 is 0 Å². The molecule has 2 aromatic rings. The molecule has 2 aliphatic heterocycles. The van der Waals surface area contributed by atoms with E-state index in [-0.39, 0.29) is 11.5 Å². The first-order chi connectivity index (χ1) is 11.7. The molecule has 1 aromatic carbocycles. The maximum atomic E-state index is 12.8. The van der Waals surface area contributed by atoms with Crippen LogP contribution in [0.4, 0.5) is 0 Å². The molecule has 1 spiro atoms. The van der Waals surface area contributed by atoms with E-state index in [4.69, 9.17) is 4.74 Å². The van der Waals surface area contributed by atoms with Gasteiger partial charge in [-0.2, -0.15) is 0 Å². The van der Waals surface area contributed by atoms with Crippen LogP contribution in [0.3, 0.4) is 0 Å². The number of carbonyl (C=O) groups excluding carboxylic acids is 1. The Balaban J connectivity index is 1.49. The van der Waals surface area contributed by atoms with E-state index in [1.807, 2.05) is 34.8 Å². The van der Waals surface area contributed by atoms with Crippen molar-refractivity contribution in [3.63, 3.8) is 0 Å². The molecule has 0 unspecified atom stereocenters. The lowest BCUT2D eigenvalue weighted by Crippen LogP contribution is -2.50. The van der Waals surface area contributed by atoms with Crippen molar-refractivity contribution in [1.29, 1.82) is 0 Å². The van der Waals surface area contributed by atoms with Crippen LogP contribution in [0.5, 0.6) is 0 Å². The van der Waals surface area contributed by atoms with E-state index in [2.05, 4.69) is 30.3 Å². The molecule has 2 aliphatic rings. The van der Waals surface area contributed by atoms with Crippen molar-refractivity contribution < 1.29 is 9.53 Å². The number of hydrogen-bond donors (Lipinski definition) is 0. The minimum absolute atomic E-state index is 0.119. The first-order valence-electron chi connectivity index (χ1n) is 8.76. The number of benzene rings is 1. The van der Waals surface area contributed by atoms with Gasteiger partial charge in [-0.15, -0.1) is 0 Å². The van der Waals surface area contributed by atoms with Crippen LogP contribution in [0.2, 0.25) is 0 Å². The minimum atomic E-state index is -0.167. The molecule has 24 heavy (non-hydrogen) atoms. The average molecular weight is 324 g/mol. The quantitative estimate of drug-likeness (QED) is 0.850. The van der Waals surface area contributed by atoms with E-state index in [0.29, 0.717) is 12.5 Å². The summed E-state index contributed by atoms with van der Waals surface area (Å²) in [4.78, 5) is 14.8. The Morgan fingerprint density at radius 2 is 2.04 bits per heavy atom. The normalized spacial score (nSPS) is 26.9. The van der Waals surface area contributed by atoms with Gasteiger partial charge in [0.15, 0.2) is 0 Å². The highest BCUT2D eigenvalue weighted by molar-refractivity contribution is 5.92. The third-order valence-electron chi connectivity index (χ3n) is 5.47. The van der Waals surface area contributed by atoms with Crippen LogP contribution in [-0.2, 0) is 11.8 Å². The molecule has 126 valence electrons. The smallest absolute Gasteiger partial charge is 0.270 e. The summed E-state index contributed by atoms with van der Waals surface area (Å²) in [5.41, 5.74) is 1.93. The predicted molar refractivity (Wildman–Crippen MR) is 93.0 cm³/mol. The van der Waals surface area contributed by atoms with Crippen LogP contribution < -0.4 is 0 Å². The molecule has 3 heterocycles. The van der Waals surface area contributed by atoms with Gasteiger partial charge in [-0.25, -0.2) is 0 Å². The number of aryl methyl sites for hydroxylation is 1. The third-order valence-corrected chi connectivity index (χ3v) is 5.47. The molecule has 0 aliphatic carbocycles. The molecule has 0 saturated carbocycles. The zero-order chi connectivity index (χ0) is 16.6. The molecule has 1 amide bonds. The van der Waals surface area contributed by atoms with Crippen molar-refractivity contribution in [2.45, 2.75) is 30.8 Å². The molecule has 0 bridgehead atoms. The number of amides is 1. The number of piperidine rings is 1. The largest absolute Gasteiger partial charge is 0.372 e. The SMILES string of the molecule is Cn1cccc1C(=O)N1CCC[C@]2(C[C@H](c3ccccc3)CO2)C1. The van der Waals surface area contributed by atoms with Crippen LogP contribution in [0.1, 0.15) is 41.2 Å². The molecular weight excluding hydrogens is 300 g/mol. The van der Waals surface area contributed by atoms with Gasteiger partial charge in [0.05, 0.1) is 18.8 Å². The zero-order valence-corrected chi connectivity index (χ0v) is 14.1. The number of hydrogen-bond acceptors (Lipinski definition) is 2. The van der Waals surface area contributed by atoms with E-state index >= 15 is 0 Å². The van der Waals surface area contributed by atoms with Crippen molar-refractivity contribution >= 4 is 5.91 Å². The van der Waals surface area contributed by atoms with Crippen LogP contribution in [0, 0.1) is 0 Å². The van der Waals surface area contributed by atoms with Gasteiger partial charge in [0, 0.05) is 25.7 Å². The molecule has 0 N–H and O–H groups in total. The fourth-order valence-corrected chi connectivity index (χ4v) is 4.18. The van der Waals surface area contributed by atoms with Crippen molar-refractivity contribution in [3.05, 3.63) is 59.9 Å². The standard InChI is InChI=1S/C20H24N2O2/c1-21-11-5-9-18(21)19(23)22-12-6-10-20(15-22)13-17(14-24-20)16-7-3-2-4-8-16/h2-5,7-9,11,17H,6,10,12-15H2,1H3/t17-,20-/m0/s1.